The standard InChI is InChI=1S/C15H19F3N2O.2ClH/c16-10-8-11(21)12(14(18)13(10)17)15(9-2-1-3-9)20-6-4-19-5-7-20;;/h8-9,15,19,21H,1-7H2;2*1H/t15-;;/m1../s1. The Morgan fingerprint density at radius 1 is 1.09 bits per heavy atom. The number of nitrogens with zero attached hydrogens (tertiary/aromatic N) is 1. The lowest BCUT2D eigenvalue weighted by molar-refractivity contribution is 0.0785. The van der Waals surface area contributed by atoms with Gasteiger partial charge in [0.2, 0.25) is 0 Å². The average Bonchev–Trinajstić information content (AvgIpc) is 2.43. The summed E-state index contributed by atoms with van der Waals surface area (Å²) in [6, 6.07) is 0.303. The molecule has 0 bridgehead atoms. The van der Waals surface area contributed by atoms with Crippen molar-refractivity contribution in [2.45, 2.75) is 25.3 Å². The molecule has 0 unspecified atom stereocenters. The Labute approximate surface area is 146 Å². The molecule has 132 valence electrons. The van der Waals surface area contributed by atoms with E-state index in [0.717, 1.165) is 32.4 Å². The smallest absolute Gasteiger partial charge is 0.195 e. The van der Waals surface area contributed by atoms with Gasteiger partial charge in [0.05, 0.1) is 5.56 Å². The molecule has 3 rings (SSSR count). The first-order chi connectivity index (χ1) is 10.1. The van der Waals surface area contributed by atoms with Crippen LogP contribution in [0.25, 0.3) is 0 Å². The van der Waals surface area contributed by atoms with Gasteiger partial charge in [-0.1, -0.05) is 6.42 Å². The summed E-state index contributed by atoms with van der Waals surface area (Å²) in [7, 11) is 0. The maximum absolute atomic E-state index is 14.2. The third kappa shape index (κ3) is 3.87. The average molecular weight is 373 g/mol. The van der Waals surface area contributed by atoms with E-state index in [1.54, 1.807) is 0 Å². The van der Waals surface area contributed by atoms with Crippen LogP contribution in [-0.4, -0.2) is 36.2 Å². The molecule has 0 amide bonds. The zero-order valence-electron chi connectivity index (χ0n) is 12.5. The third-order valence-corrected chi connectivity index (χ3v) is 4.62. The molecular formula is C15H21Cl2F3N2O. The van der Waals surface area contributed by atoms with Crippen molar-refractivity contribution in [1.29, 1.82) is 0 Å². The molecule has 0 aromatic heterocycles. The van der Waals surface area contributed by atoms with Gasteiger partial charge in [0, 0.05) is 38.3 Å². The van der Waals surface area contributed by atoms with Gasteiger partial charge in [-0.15, -0.1) is 24.8 Å². The predicted octanol–water partition coefficient (Wildman–Crippen LogP) is 3.40. The van der Waals surface area contributed by atoms with Crippen LogP contribution in [0.1, 0.15) is 30.9 Å². The number of phenols is 1. The quantitative estimate of drug-likeness (QED) is 0.798. The molecule has 3 nitrogen and oxygen atoms in total. The highest BCUT2D eigenvalue weighted by Crippen LogP contribution is 2.45. The summed E-state index contributed by atoms with van der Waals surface area (Å²) in [5.74, 6) is -4.39. The fourth-order valence-corrected chi connectivity index (χ4v) is 3.31. The minimum Gasteiger partial charge on any atom is -0.507 e. The molecule has 2 fully saturated rings. The normalized spacial score (nSPS) is 20.1. The summed E-state index contributed by atoms with van der Waals surface area (Å²) in [6.07, 6.45) is 2.90. The second kappa shape index (κ2) is 8.42. The summed E-state index contributed by atoms with van der Waals surface area (Å²) < 4.78 is 41.0. The van der Waals surface area contributed by atoms with Gasteiger partial charge in [-0.2, -0.15) is 0 Å². The summed E-state index contributed by atoms with van der Waals surface area (Å²) >= 11 is 0. The number of rotatable bonds is 3. The fourth-order valence-electron chi connectivity index (χ4n) is 3.31. The number of halogens is 5. The lowest BCUT2D eigenvalue weighted by atomic mass is 9.76. The van der Waals surface area contributed by atoms with Crippen molar-refractivity contribution in [1.82, 2.24) is 10.2 Å². The third-order valence-electron chi connectivity index (χ3n) is 4.62. The zero-order valence-corrected chi connectivity index (χ0v) is 14.2. The maximum atomic E-state index is 14.2. The minimum absolute atomic E-state index is 0. The molecule has 1 saturated carbocycles. The van der Waals surface area contributed by atoms with Gasteiger partial charge in [-0.3, -0.25) is 4.90 Å². The second-order valence-corrected chi connectivity index (χ2v) is 5.84. The maximum Gasteiger partial charge on any atom is 0.195 e. The largest absolute Gasteiger partial charge is 0.507 e. The zero-order chi connectivity index (χ0) is 15.0. The Morgan fingerprint density at radius 3 is 2.22 bits per heavy atom. The lowest BCUT2D eigenvalue weighted by Gasteiger charge is -2.43. The molecule has 1 aromatic rings. The molecule has 1 aliphatic carbocycles. The fraction of sp³-hybridized carbons (Fsp3) is 0.600. The Morgan fingerprint density at radius 2 is 1.70 bits per heavy atom. The number of hydrogen-bond donors (Lipinski definition) is 2. The van der Waals surface area contributed by atoms with Crippen molar-refractivity contribution < 1.29 is 18.3 Å². The van der Waals surface area contributed by atoms with E-state index in [0.29, 0.717) is 19.2 Å². The highest BCUT2D eigenvalue weighted by molar-refractivity contribution is 5.85. The van der Waals surface area contributed by atoms with Gasteiger partial charge in [0.25, 0.3) is 0 Å². The first-order valence-corrected chi connectivity index (χ1v) is 7.40. The topological polar surface area (TPSA) is 35.5 Å². The molecule has 0 spiro atoms. The van der Waals surface area contributed by atoms with Crippen LogP contribution in [0.5, 0.6) is 5.75 Å². The molecule has 1 aliphatic heterocycles. The second-order valence-electron chi connectivity index (χ2n) is 5.84. The lowest BCUT2D eigenvalue weighted by Crippen LogP contribution is -2.48. The van der Waals surface area contributed by atoms with E-state index in [9.17, 15) is 18.3 Å². The summed E-state index contributed by atoms with van der Waals surface area (Å²) in [4.78, 5) is 2.07. The summed E-state index contributed by atoms with van der Waals surface area (Å²) in [5, 5.41) is 13.2. The van der Waals surface area contributed by atoms with Crippen LogP contribution in [-0.2, 0) is 0 Å². The highest BCUT2D eigenvalue weighted by Gasteiger charge is 2.38. The SMILES string of the molecule is Cl.Cl.Oc1cc(F)c(F)c(F)c1[C@@H](C1CCC1)N1CCNCC1. The molecule has 23 heavy (non-hydrogen) atoms. The number of phenolic OH excluding ortho intramolecular Hbond substituents is 1. The molecule has 2 aliphatic rings. The molecule has 1 atom stereocenters. The van der Waals surface area contributed by atoms with Gasteiger partial charge < -0.3 is 10.4 Å². The van der Waals surface area contributed by atoms with Crippen molar-refractivity contribution in [2.24, 2.45) is 5.92 Å². The van der Waals surface area contributed by atoms with E-state index in [2.05, 4.69) is 10.2 Å². The number of nitrogens with one attached hydrogen (secondary N) is 1. The van der Waals surface area contributed by atoms with E-state index in [1.807, 2.05) is 0 Å². The number of piperazine rings is 1. The van der Waals surface area contributed by atoms with E-state index in [-0.39, 0.29) is 42.3 Å². The molecule has 1 saturated heterocycles. The number of aromatic hydroxyl groups is 1. The molecule has 0 radical (unpaired) electrons. The summed E-state index contributed by atoms with van der Waals surface area (Å²) in [6.45, 7) is 2.96. The van der Waals surface area contributed by atoms with Crippen molar-refractivity contribution >= 4 is 24.8 Å². The van der Waals surface area contributed by atoms with Gasteiger partial charge in [0.1, 0.15) is 5.75 Å². The monoisotopic (exact) mass is 372 g/mol. The van der Waals surface area contributed by atoms with Gasteiger partial charge in [-0.05, 0) is 18.8 Å². The van der Waals surface area contributed by atoms with Crippen LogP contribution in [0.15, 0.2) is 6.07 Å². The molecular weight excluding hydrogens is 352 g/mol. The molecule has 1 aromatic carbocycles. The van der Waals surface area contributed by atoms with Crippen LogP contribution >= 0.6 is 24.8 Å². The molecule has 2 N–H and O–H groups in total. The first kappa shape index (κ1) is 20.4. The van der Waals surface area contributed by atoms with Crippen LogP contribution in [0.3, 0.4) is 0 Å². The molecule has 1 heterocycles. The van der Waals surface area contributed by atoms with Crippen molar-refractivity contribution in [3.05, 3.63) is 29.1 Å². The van der Waals surface area contributed by atoms with Crippen molar-refractivity contribution in [2.75, 3.05) is 26.2 Å². The van der Waals surface area contributed by atoms with Crippen molar-refractivity contribution in [3.8, 4) is 5.75 Å². The summed E-state index contributed by atoms with van der Waals surface area (Å²) in [5.41, 5.74) is -0.0829. The Balaban J connectivity index is 0.00000132. The number of hydrogen-bond acceptors (Lipinski definition) is 3. The Hall–Kier alpha value is -0.690. The van der Waals surface area contributed by atoms with E-state index in [1.165, 1.54) is 0 Å². The highest BCUT2D eigenvalue weighted by atomic mass is 35.5. The number of benzene rings is 1. The van der Waals surface area contributed by atoms with Crippen LogP contribution in [0.2, 0.25) is 0 Å². The van der Waals surface area contributed by atoms with Gasteiger partial charge >= 0.3 is 0 Å². The van der Waals surface area contributed by atoms with E-state index >= 15 is 0 Å². The Bertz CT molecular complexity index is 538. The minimum atomic E-state index is -1.50. The Kier molecular flexibility index (Phi) is 7.45. The van der Waals surface area contributed by atoms with Gasteiger partial charge in [-0.25, -0.2) is 13.2 Å². The predicted molar refractivity (Wildman–Crippen MR) is 87.0 cm³/mol. The van der Waals surface area contributed by atoms with E-state index < -0.39 is 23.2 Å². The van der Waals surface area contributed by atoms with Crippen LogP contribution in [0, 0.1) is 23.4 Å². The van der Waals surface area contributed by atoms with Crippen LogP contribution in [0.4, 0.5) is 13.2 Å². The first-order valence-electron chi connectivity index (χ1n) is 7.40. The van der Waals surface area contributed by atoms with Crippen molar-refractivity contribution in [3.63, 3.8) is 0 Å². The van der Waals surface area contributed by atoms with Gasteiger partial charge in [0.15, 0.2) is 17.5 Å². The van der Waals surface area contributed by atoms with Crippen LogP contribution < -0.4 is 5.32 Å². The molecule has 8 heteroatoms. The van der Waals surface area contributed by atoms with E-state index in [4.69, 9.17) is 0 Å².